The Labute approximate surface area is 112 Å². The van der Waals surface area contributed by atoms with E-state index in [2.05, 4.69) is 0 Å². The Bertz CT molecular complexity index is 439. The minimum atomic E-state index is -0.456. The number of rotatable bonds is 4. The molecular weight excluding hydrogens is 244 g/mol. The van der Waals surface area contributed by atoms with Crippen LogP contribution in [0.2, 0.25) is 0 Å². The minimum absolute atomic E-state index is 0.0207. The van der Waals surface area contributed by atoms with E-state index in [0.29, 0.717) is 18.7 Å². The molecule has 0 bridgehead atoms. The molecule has 0 aromatic heterocycles. The van der Waals surface area contributed by atoms with Crippen LogP contribution in [0.4, 0.5) is 0 Å². The molecule has 102 valence electrons. The molecule has 19 heavy (non-hydrogen) atoms. The van der Waals surface area contributed by atoms with Crippen LogP contribution >= 0.6 is 0 Å². The molecule has 0 radical (unpaired) electrons. The van der Waals surface area contributed by atoms with Gasteiger partial charge in [0.1, 0.15) is 6.61 Å². The predicted octanol–water partition coefficient (Wildman–Crippen LogP) is 0.793. The van der Waals surface area contributed by atoms with Gasteiger partial charge in [0, 0.05) is 18.7 Å². The highest BCUT2D eigenvalue weighted by Crippen LogP contribution is 2.16. The molecule has 5 nitrogen and oxygen atoms in total. The smallest absolute Gasteiger partial charge is 0.253 e. The van der Waals surface area contributed by atoms with Crippen molar-refractivity contribution in [1.29, 1.82) is 0 Å². The highest BCUT2D eigenvalue weighted by Gasteiger charge is 2.24. The largest absolute Gasteiger partial charge is 0.368 e. The maximum absolute atomic E-state index is 12.2. The van der Waals surface area contributed by atoms with E-state index >= 15 is 0 Å². The first-order valence-electron chi connectivity index (χ1n) is 6.41. The topological polar surface area (TPSA) is 72.6 Å². The standard InChI is InChI=1S/C14H18N2O3/c15-13(17)10-19-12-6-8-16(9-7-12)14(18)11-4-2-1-3-5-11/h1-5,12H,6-10H2,(H2,15,17). The number of ether oxygens (including phenoxy) is 1. The number of amides is 2. The molecular formula is C14H18N2O3. The first-order valence-corrected chi connectivity index (χ1v) is 6.41. The number of nitrogens with zero attached hydrogens (tertiary/aromatic N) is 1. The molecule has 2 N–H and O–H groups in total. The molecule has 1 aliphatic rings. The summed E-state index contributed by atoms with van der Waals surface area (Å²) in [5.41, 5.74) is 5.74. The molecule has 0 unspecified atom stereocenters. The third kappa shape index (κ3) is 3.79. The van der Waals surface area contributed by atoms with E-state index in [1.807, 2.05) is 35.2 Å². The Morgan fingerprint density at radius 1 is 1.21 bits per heavy atom. The van der Waals surface area contributed by atoms with Gasteiger partial charge in [-0.25, -0.2) is 0 Å². The molecule has 1 fully saturated rings. The first-order chi connectivity index (χ1) is 9.16. The predicted molar refractivity (Wildman–Crippen MR) is 70.5 cm³/mol. The van der Waals surface area contributed by atoms with Crippen LogP contribution in [0.15, 0.2) is 30.3 Å². The average molecular weight is 262 g/mol. The minimum Gasteiger partial charge on any atom is -0.368 e. The van der Waals surface area contributed by atoms with Crippen molar-refractivity contribution in [3.63, 3.8) is 0 Å². The molecule has 0 spiro atoms. The quantitative estimate of drug-likeness (QED) is 0.872. The van der Waals surface area contributed by atoms with Gasteiger partial charge in [-0.15, -0.1) is 0 Å². The van der Waals surface area contributed by atoms with Crippen molar-refractivity contribution >= 4 is 11.8 Å². The zero-order valence-electron chi connectivity index (χ0n) is 10.7. The van der Waals surface area contributed by atoms with Gasteiger partial charge < -0.3 is 15.4 Å². The number of nitrogens with two attached hydrogens (primary N) is 1. The van der Waals surface area contributed by atoms with Crippen molar-refractivity contribution in [2.24, 2.45) is 5.73 Å². The van der Waals surface area contributed by atoms with E-state index in [1.54, 1.807) is 0 Å². The van der Waals surface area contributed by atoms with Gasteiger partial charge >= 0.3 is 0 Å². The molecule has 5 heteroatoms. The fraction of sp³-hybridized carbons (Fsp3) is 0.429. The highest BCUT2D eigenvalue weighted by molar-refractivity contribution is 5.94. The molecule has 0 saturated carbocycles. The van der Waals surface area contributed by atoms with Gasteiger partial charge in [0.15, 0.2) is 0 Å². The summed E-state index contributed by atoms with van der Waals surface area (Å²) in [7, 11) is 0. The van der Waals surface area contributed by atoms with Gasteiger partial charge in [0.2, 0.25) is 5.91 Å². The second kappa shape index (κ2) is 6.33. The van der Waals surface area contributed by atoms with Crippen molar-refractivity contribution in [1.82, 2.24) is 4.90 Å². The Hall–Kier alpha value is -1.88. The second-order valence-electron chi connectivity index (χ2n) is 4.63. The molecule has 0 atom stereocenters. The number of benzene rings is 1. The van der Waals surface area contributed by atoms with Crippen molar-refractivity contribution in [3.8, 4) is 0 Å². The first kappa shape index (κ1) is 13.5. The summed E-state index contributed by atoms with van der Waals surface area (Å²) in [6.45, 7) is 1.26. The van der Waals surface area contributed by atoms with Gasteiger partial charge in [-0.2, -0.15) is 0 Å². The molecule has 2 rings (SSSR count). The molecule has 1 saturated heterocycles. The molecule has 0 aliphatic carbocycles. The number of primary amides is 1. The summed E-state index contributed by atoms with van der Waals surface area (Å²) in [6.07, 6.45) is 1.50. The zero-order chi connectivity index (χ0) is 13.7. The summed E-state index contributed by atoms with van der Waals surface area (Å²) in [5.74, 6) is -0.406. The Morgan fingerprint density at radius 3 is 2.42 bits per heavy atom. The number of hydrogen-bond acceptors (Lipinski definition) is 3. The average Bonchev–Trinajstić information content (AvgIpc) is 2.46. The van der Waals surface area contributed by atoms with Gasteiger partial charge in [-0.3, -0.25) is 9.59 Å². The Morgan fingerprint density at radius 2 is 1.84 bits per heavy atom. The van der Waals surface area contributed by atoms with Gasteiger partial charge in [0.05, 0.1) is 6.10 Å². The van der Waals surface area contributed by atoms with Crippen LogP contribution in [0, 0.1) is 0 Å². The van der Waals surface area contributed by atoms with E-state index in [-0.39, 0.29) is 18.6 Å². The number of piperidine rings is 1. The third-order valence-electron chi connectivity index (χ3n) is 3.21. The van der Waals surface area contributed by atoms with Crippen molar-refractivity contribution < 1.29 is 14.3 Å². The van der Waals surface area contributed by atoms with E-state index < -0.39 is 5.91 Å². The molecule has 2 amide bonds. The SMILES string of the molecule is NC(=O)COC1CCN(C(=O)c2ccccc2)CC1. The maximum atomic E-state index is 12.2. The monoisotopic (exact) mass is 262 g/mol. The molecule has 1 heterocycles. The summed E-state index contributed by atoms with van der Waals surface area (Å²) in [4.78, 5) is 24.6. The van der Waals surface area contributed by atoms with Crippen LogP contribution < -0.4 is 5.73 Å². The van der Waals surface area contributed by atoms with Crippen LogP contribution in [0.25, 0.3) is 0 Å². The lowest BCUT2D eigenvalue weighted by molar-refractivity contribution is -0.125. The molecule has 1 aliphatic heterocycles. The van der Waals surface area contributed by atoms with E-state index in [4.69, 9.17) is 10.5 Å². The lowest BCUT2D eigenvalue weighted by Crippen LogP contribution is -2.41. The van der Waals surface area contributed by atoms with Crippen LogP contribution in [0.5, 0.6) is 0 Å². The summed E-state index contributed by atoms with van der Waals surface area (Å²) in [5, 5.41) is 0. The molecule has 1 aromatic rings. The van der Waals surface area contributed by atoms with Gasteiger partial charge in [0.25, 0.3) is 5.91 Å². The van der Waals surface area contributed by atoms with E-state index in [1.165, 1.54) is 0 Å². The van der Waals surface area contributed by atoms with E-state index in [0.717, 1.165) is 12.8 Å². The van der Waals surface area contributed by atoms with E-state index in [9.17, 15) is 9.59 Å². The van der Waals surface area contributed by atoms with Gasteiger partial charge in [-0.1, -0.05) is 18.2 Å². The lowest BCUT2D eigenvalue weighted by atomic mass is 10.1. The second-order valence-corrected chi connectivity index (χ2v) is 4.63. The zero-order valence-corrected chi connectivity index (χ0v) is 10.7. The van der Waals surface area contributed by atoms with Crippen LogP contribution in [-0.2, 0) is 9.53 Å². The summed E-state index contributed by atoms with van der Waals surface area (Å²) < 4.78 is 5.37. The van der Waals surface area contributed by atoms with Crippen LogP contribution in [-0.4, -0.2) is 42.5 Å². The molecule has 1 aromatic carbocycles. The highest BCUT2D eigenvalue weighted by atomic mass is 16.5. The Balaban J connectivity index is 1.83. The van der Waals surface area contributed by atoms with Crippen molar-refractivity contribution in [2.45, 2.75) is 18.9 Å². The summed E-state index contributed by atoms with van der Waals surface area (Å²) in [6, 6.07) is 9.24. The number of hydrogen-bond donors (Lipinski definition) is 1. The normalized spacial score (nSPS) is 16.3. The van der Waals surface area contributed by atoms with Gasteiger partial charge in [-0.05, 0) is 25.0 Å². The summed E-state index contributed by atoms with van der Waals surface area (Å²) >= 11 is 0. The van der Waals surface area contributed by atoms with Crippen molar-refractivity contribution in [3.05, 3.63) is 35.9 Å². The van der Waals surface area contributed by atoms with Crippen LogP contribution in [0.1, 0.15) is 23.2 Å². The third-order valence-corrected chi connectivity index (χ3v) is 3.21. The number of likely N-dealkylation sites (tertiary alicyclic amines) is 1. The fourth-order valence-corrected chi connectivity index (χ4v) is 2.19. The maximum Gasteiger partial charge on any atom is 0.253 e. The fourth-order valence-electron chi connectivity index (χ4n) is 2.19. The van der Waals surface area contributed by atoms with Crippen molar-refractivity contribution in [2.75, 3.05) is 19.7 Å². The lowest BCUT2D eigenvalue weighted by Gasteiger charge is -2.31. The Kier molecular flexibility index (Phi) is 4.52. The van der Waals surface area contributed by atoms with Crippen LogP contribution in [0.3, 0.4) is 0 Å². The number of carbonyl (C=O) groups is 2. The number of carbonyl (C=O) groups excluding carboxylic acids is 2.